The zero-order chi connectivity index (χ0) is 12.1. The Hall–Kier alpha value is -0.350. The Morgan fingerprint density at radius 2 is 2.19 bits per heavy atom. The zero-order valence-corrected chi connectivity index (χ0v) is 12.6. The van der Waals surface area contributed by atoms with Crippen molar-refractivity contribution in [3.05, 3.63) is 33.8 Å². The molecule has 16 heavy (non-hydrogen) atoms. The molecule has 0 aliphatic heterocycles. The Balaban J connectivity index is 2.63. The van der Waals surface area contributed by atoms with Crippen LogP contribution in [-0.2, 0) is 0 Å². The molecule has 0 bridgehead atoms. The van der Waals surface area contributed by atoms with Crippen LogP contribution < -0.4 is 5.32 Å². The van der Waals surface area contributed by atoms with Crippen molar-refractivity contribution in [3.63, 3.8) is 0 Å². The molecule has 0 aliphatic carbocycles. The first-order valence-corrected chi connectivity index (χ1v) is 6.94. The highest BCUT2D eigenvalue weighted by Crippen LogP contribution is 2.17. The van der Waals surface area contributed by atoms with Crippen LogP contribution in [0.25, 0.3) is 0 Å². The van der Waals surface area contributed by atoms with E-state index in [-0.39, 0.29) is 5.91 Å². The molecule has 0 fully saturated rings. The van der Waals surface area contributed by atoms with Crippen LogP contribution in [-0.4, -0.2) is 17.3 Å². The molecule has 1 aromatic carbocycles. The number of hydrogen-bond donors (Lipinski definition) is 1. The second-order valence-corrected chi connectivity index (χ2v) is 5.83. The number of amides is 1. The van der Waals surface area contributed by atoms with E-state index in [9.17, 15) is 4.79 Å². The molecule has 1 unspecified atom stereocenters. The van der Waals surface area contributed by atoms with E-state index in [0.29, 0.717) is 16.9 Å². The van der Waals surface area contributed by atoms with Crippen molar-refractivity contribution < 1.29 is 4.79 Å². The Kier molecular flexibility index (Phi) is 5.49. The summed E-state index contributed by atoms with van der Waals surface area (Å²) in [6, 6.07) is 5.62. The lowest BCUT2D eigenvalue weighted by molar-refractivity contribution is 0.0954. The minimum Gasteiger partial charge on any atom is -0.351 e. The van der Waals surface area contributed by atoms with E-state index in [4.69, 9.17) is 0 Å². The van der Waals surface area contributed by atoms with Gasteiger partial charge in [-0.25, -0.2) is 0 Å². The van der Waals surface area contributed by atoms with Gasteiger partial charge in [0, 0.05) is 21.4 Å². The van der Waals surface area contributed by atoms with Crippen molar-refractivity contribution in [1.29, 1.82) is 0 Å². The number of halogens is 2. The summed E-state index contributed by atoms with van der Waals surface area (Å²) < 4.78 is 0.964. The van der Waals surface area contributed by atoms with E-state index in [0.717, 1.165) is 16.5 Å². The van der Waals surface area contributed by atoms with Gasteiger partial charge >= 0.3 is 0 Å². The van der Waals surface area contributed by atoms with Crippen molar-refractivity contribution in [3.8, 4) is 0 Å². The quantitative estimate of drug-likeness (QED) is 0.826. The lowest BCUT2D eigenvalue weighted by Gasteiger charge is -2.09. The van der Waals surface area contributed by atoms with E-state index in [1.807, 2.05) is 25.1 Å². The molecule has 0 aliphatic rings. The number of nitrogens with one attached hydrogen (secondary N) is 1. The number of rotatable bonds is 4. The molecule has 1 aromatic rings. The molecule has 2 nitrogen and oxygen atoms in total. The predicted molar refractivity (Wildman–Crippen MR) is 74.2 cm³/mol. The van der Waals surface area contributed by atoms with E-state index in [1.165, 1.54) is 0 Å². The van der Waals surface area contributed by atoms with Crippen LogP contribution in [0.3, 0.4) is 0 Å². The van der Waals surface area contributed by atoms with Crippen LogP contribution in [0.4, 0.5) is 0 Å². The number of benzene rings is 1. The molecule has 1 amide bonds. The van der Waals surface area contributed by atoms with Gasteiger partial charge in [0.05, 0.1) is 0 Å². The first-order valence-electron chi connectivity index (χ1n) is 5.23. The van der Waals surface area contributed by atoms with Gasteiger partial charge < -0.3 is 5.32 Å². The second kappa shape index (κ2) is 6.40. The standard InChI is InChI=1S/C12H15Br2NO/c1-3-10(13)7-15-12(16)9-5-4-8(2)11(14)6-9/h4-6,10H,3,7H2,1-2H3,(H,15,16). The minimum absolute atomic E-state index is 0.0291. The number of hydrogen-bond acceptors (Lipinski definition) is 1. The number of carbonyl (C=O) groups excluding carboxylic acids is 1. The van der Waals surface area contributed by atoms with E-state index < -0.39 is 0 Å². The summed E-state index contributed by atoms with van der Waals surface area (Å²) in [5.74, 6) is -0.0291. The summed E-state index contributed by atoms with van der Waals surface area (Å²) in [6.45, 7) is 4.73. The Bertz CT molecular complexity index is 379. The number of carbonyl (C=O) groups is 1. The van der Waals surface area contributed by atoms with Crippen LogP contribution in [0.15, 0.2) is 22.7 Å². The van der Waals surface area contributed by atoms with Gasteiger partial charge in [-0.05, 0) is 31.0 Å². The molecule has 0 saturated heterocycles. The molecule has 0 heterocycles. The predicted octanol–water partition coefficient (Wildman–Crippen LogP) is 3.66. The minimum atomic E-state index is -0.0291. The SMILES string of the molecule is CCC(Br)CNC(=O)c1ccc(C)c(Br)c1. The van der Waals surface area contributed by atoms with Crippen molar-refractivity contribution in [2.75, 3.05) is 6.54 Å². The average Bonchev–Trinajstić information content (AvgIpc) is 2.29. The molecule has 88 valence electrons. The van der Waals surface area contributed by atoms with Gasteiger partial charge in [-0.1, -0.05) is 44.8 Å². The van der Waals surface area contributed by atoms with Crippen LogP contribution >= 0.6 is 31.9 Å². The first-order chi connectivity index (χ1) is 7.54. The molecule has 1 rings (SSSR count). The lowest BCUT2D eigenvalue weighted by Crippen LogP contribution is -2.29. The highest BCUT2D eigenvalue weighted by atomic mass is 79.9. The summed E-state index contributed by atoms with van der Waals surface area (Å²) >= 11 is 6.90. The van der Waals surface area contributed by atoms with Crippen molar-refractivity contribution in [2.24, 2.45) is 0 Å². The van der Waals surface area contributed by atoms with Crippen LogP contribution in [0.5, 0.6) is 0 Å². The van der Waals surface area contributed by atoms with Crippen LogP contribution in [0, 0.1) is 6.92 Å². The Labute approximate surface area is 113 Å². The molecule has 0 spiro atoms. The fourth-order valence-electron chi connectivity index (χ4n) is 1.18. The third-order valence-electron chi connectivity index (χ3n) is 2.36. The fourth-order valence-corrected chi connectivity index (χ4v) is 1.72. The molecule has 0 radical (unpaired) electrons. The van der Waals surface area contributed by atoms with Gasteiger partial charge in [-0.15, -0.1) is 0 Å². The normalized spacial score (nSPS) is 12.2. The highest BCUT2D eigenvalue weighted by molar-refractivity contribution is 9.10. The monoisotopic (exact) mass is 347 g/mol. The molecule has 1 atom stereocenters. The van der Waals surface area contributed by atoms with Gasteiger partial charge in [0.25, 0.3) is 5.91 Å². The molecule has 1 N–H and O–H groups in total. The molecular weight excluding hydrogens is 334 g/mol. The third-order valence-corrected chi connectivity index (χ3v) is 4.19. The van der Waals surface area contributed by atoms with Crippen LogP contribution in [0.1, 0.15) is 29.3 Å². The summed E-state index contributed by atoms with van der Waals surface area (Å²) in [5.41, 5.74) is 1.82. The molecule has 0 aromatic heterocycles. The second-order valence-electron chi connectivity index (χ2n) is 3.68. The lowest BCUT2D eigenvalue weighted by atomic mass is 10.1. The van der Waals surface area contributed by atoms with E-state index in [1.54, 1.807) is 0 Å². The maximum Gasteiger partial charge on any atom is 0.251 e. The smallest absolute Gasteiger partial charge is 0.251 e. The first kappa shape index (κ1) is 13.7. The average molecular weight is 349 g/mol. The van der Waals surface area contributed by atoms with Gasteiger partial charge in [0.15, 0.2) is 0 Å². The van der Waals surface area contributed by atoms with Gasteiger partial charge in [-0.3, -0.25) is 4.79 Å². The maximum atomic E-state index is 11.8. The zero-order valence-electron chi connectivity index (χ0n) is 9.39. The van der Waals surface area contributed by atoms with Gasteiger partial charge in [0.2, 0.25) is 0 Å². The maximum absolute atomic E-state index is 11.8. The van der Waals surface area contributed by atoms with Crippen molar-refractivity contribution in [1.82, 2.24) is 5.32 Å². The Morgan fingerprint density at radius 1 is 1.50 bits per heavy atom. The molecule has 0 saturated carbocycles. The van der Waals surface area contributed by atoms with E-state index in [2.05, 4.69) is 44.1 Å². The summed E-state index contributed by atoms with van der Waals surface area (Å²) in [4.78, 5) is 12.1. The third kappa shape index (κ3) is 3.91. The largest absolute Gasteiger partial charge is 0.351 e. The number of aryl methyl sites for hydroxylation is 1. The highest BCUT2D eigenvalue weighted by Gasteiger charge is 2.08. The van der Waals surface area contributed by atoms with Crippen LogP contribution in [0.2, 0.25) is 0 Å². The Morgan fingerprint density at radius 3 is 2.75 bits per heavy atom. The van der Waals surface area contributed by atoms with Crippen molar-refractivity contribution in [2.45, 2.75) is 25.1 Å². The summed E-state index contributed by atoms with van der Waals surface area (Å²) in [6.07, 6.45) is 0.998. The van der Waals surface area contributed by atoms with Gasteiger partial charge in [0.1, 0.15) is 0 Å². The van der Waals surface area contributed by atoms with Crippen molar-refractivity contribution >= 4 is 37.8 Å². The summed E-state index contributed by atoms with van der Waals surface area (Å²) in [7, 11) is 0. The topological polar surface area (TPSA) is 29.1 Å². The fraction of sp³-hybridized carbons (Fsp3) is 0.417. The van der Waals surface area contributed by atoms with E-state index >= 15 is 0 Å². The molecular formula is C12H15Br2NO. The summed E-state index contributed by atoms with van der Waals surface area (Å²) in [5, 5.41) is 2.89. The number of alkyl halides is 1. The molecule has 4 heteroatoms. The van der Waals surface area contributed by atoms with Gasteiger partial charge in [-0.2, -0.15) is 0 Å².